The summed E-state index contributed by atoms with van der Waals surface area (Å²) in [5.41, 5.74) is 0.460. The summed E-state index contributed by atoms with van der Waals surface area (Å²) in [6.07, 6.45) is 1.69. The number of thiophene rings is 1. The maximum atomic E-state index is 13.1. The molecule has 1 saturated heterocycles. The Morgan fingerprint density at radius 3 is 2.74 bits per heavy atom. The predicted molar refractivity (Wildman–Crippen MR) is 94.5 cm³/mol. The molecular formula is C17H17Cl2NO2S. The van der Waals surface area contributed by atoms with Crippen LogP contribution in [0.5, 0.6) is 0 Å². The van der Waals surface area contributed by atoms with Crippen molar-refractivity contribution in [3.05, 3.63) is 56.2 Å². The summed E-state index contributed by atoms with van der Waals surface area (Å²) in [7, 11) is 0. The summed E-state index contributed by atoms with van der Waals surface area (Å²) in [4.78, 5) is 16.2. The average Bonchev–Trinajstić information content (AvgIpc) is 3.08. The highest BCUT2D eigenvalue weighted by molar-refractivity contribution is 7.09. The number of carbonyl (C=O) groups is 1. The molecular weight excluding hydrogens is 353 g/mol. The third-order valence-corrected chi connectivity index (χ3v) is 5.38. The molecule has 23 heavy (non-hydrogen) atoms. The van der Waals surface area contributed by atoms with Gasteiger partial charge in [0.2, 0.25) is 0 Å². The fourth-order valence-electron chi connectivity index (χ4n) is 2.75. The van der Waals surface area contributed by atoms with E-state index in [1.165, 1.54) is 0 Å². The van der Waals surface area contributed by atoms with Gasteiger partial charge in [-0.1, -0.05) is 29.3 Å². The van der Waals surface area contributed by atoms with E-state index in [1.54, 1.807) is 29.5 Å². The zero-order chi connectivity index (χ0) is 16.2. The third kappa shape index (κ3) is 4.07. The average molecular weight is 370 g/mol. The molecule has 1 aromatic heterocycles. The first-order chi connectivity index (χ1) is 11.1. The second kappa shape index (κ2) is 7.67. The van der Waals surface area contributed by atoms with Crippen molar-refractivity contribution in [1.29, 1.82) is 0 Å². The van der Waals surface area contributed by atoms with Gasteiger partial charge in [-0.2, -0.15) is 0 Å². The topological polar surface area (TPSA) is 29.5 Å². The van der Waals surface area contributed by atoms with Crippen LogP contribution in [0.4, 0.5) is 0 Å². The Kier molecular flexibility index (Phi) is 5.59. The minimum atomic E-state index is -0.0715. The number of amides is 1. The van der Waals surface area contributed by atoms with Crippen molar-refractivity contribution >= 4 is 40.4 Å². The van der Waals surface area contributed by atoms with Gasteiger partial charge >= 0.3 is 0 Å². The van der Waals surface area contributed by atoms with Gasteiger partial charge in [-0.15, -0.1) is 11.3 Å². The number of hydrogen-bond acceptors (Lipinski definition) is 3. The van der Waals surface area contributed by atoms with E-state index in [1.807, 2.05) is 22.4 Å². The zero-order valence-electron chi connectivity index (χ0n) is 12.5. The van der Waals surface area contributed by atoms with Crippen molar-refractivity contribution in [3.8, 4) is 0 Å². The highest BCUT2D eigenvalue weighted by Crippen LogP contribution is 2.27. The number of carbonyl (C=O) groups excluding carboxylic acids is 1. The maximum Gasteiger partial charge on any atom is 0.256 e. The summed E-state index contributed by atoms with van der Waals surface area (Å²) in [5, 5.41) is 2.97. The van der Waals surface area contributed by atoms with Gasteiger partial charge in [-0.05, 0) is 42.5 Å². The van der Waals surface area contributed by atoms with E-state index in [9.17, 15) is 4.79 Å². The van der Waals surface area contributed by atoms with Crippen LogP contribution in [0.25, 0.3) is 0 Å². The highest BCUT2D eigenvalue weighted by atomic mass is 35.5. The Bertz CT molecular complexity index is 669. The zero-order valence-corrected chi connectivity index (χ0v) is 14.8. The molecule has 122 valence electrons. The molecule has 0 N–H and O–H groups in total. The quantitative estimate of drug-likeness (QED) is 0.768. The van der Waals surface area contributed by atoms with Gasteiger partial charge in [0, 0.05) is 29.2 Å². The smallest absolute Gasteiger partial charge is 0.256 e. The van der Waals surface area contributed by atoms with Crippen molar-refractivity contribution in [2.75, 3.05) is 13.2 Å². The molecule has 6 heteroatoms. The van der Waals surface area contributed by atoms with E-state index in [0.29, 0.717) is 35.4 Å². The van der Waals surface area contributed by atoms with Crippen LogP contribution in [0.3, 0.4) is 0 Å². The van der Waals surface area contributed by atoms with Crippen LogP contribution in [-0.4, -0.2) is 30.1 Å². The van der Waals surface area contributed by atoms with Crippen LogP contribution < -0.4 is 0 Å². The van der Waals surface area contributed by atoms with Crippen molar-refractivity contribution in [3.63, 3.8) is 0 Å². The molecule has 0 saturated carbocycles. The Morgan fingerprint density at radius 1 is 1.26 bits per heavy atom. The third-order valence-electron chi connectivity index (χ3n) is 3.96. The SMILES string of the molecule is O=C(c1cc(Cl)ccc1Cl)N(Cc1cccs1)C1CCOCC1. The Labute approximate surface area is 149 Å². The van der Waals surface area contributed by atoms with E-state index in [0.717, 1.165) is 17.7 Å². The molecule has 0 aliphatic carbocycles. The first-order valence-corrected chi connectivity index (χ1v) is 9.15. The van der Waals surface area contributed by atoms with Gasteiger partial charge in [-0.3, -0.25) is 4.79 Å². The molecule has 0 radical (unpaired) electrons. The normalized spacial score (nSPS) is 15.6. The predicted octanol–water partition coefficient (Wildman–Crippen LogP) is 4.88. The van der Waals surface area contributed by atoms with Gasteiger partial charge in [-0.25, -0.2) is 0 Å². The van der Waals surface area contributed by atoms with Gasteiger partial charge in [0.1, 0.15) is 0 Å². The van der Waals surface area contributed by atoms with E-state index in [2.05, 4.69) is 0 Å². The largest absolute Gasteiger partial charge is 0.381 e. The van der Waals surface area contributed by atoms with Crippen LogP contribution in [0, 0.1) is 0 Å². The Balaban J connectivity index is 1.89. The molecule has 0 unspecified atom stereocenters. The molecule has 1 amide bonds. The fourth-order valence-corrected chi connectivity index (χ4v) is 3.82. The van der Waals surface area contributed by atoms with Crippen molar-refractivity contribution < 1.29 is 9.53 Å². The van der Waals surface area contributed by atoms with Gasteiger partial charge in [0.25, 0.3) is 5.91 Å². The Morgan fingerprint density at radius 2 is 2.04 bits per heavy atom. The summed E-state index contributed by atoms with van der Waals surface area (Å²) < 4.78 is 5.43. The summed E-state index contributed by atoms with van der Waals surface area (Å²) in [6.45, 7) is 1.95. The summed E-state index contributed by atoms with van der Waals surface area (Å²) in [5.74, 6) is -0.0715. The molecule has 1 aliphatic rings. The lowest BCUT2D eigenvalue weighted by Gasteiger charge is -2.34. The first-order valence-electron chi connectivity index (χ1n) is 7.51. The van der Waals surface area contributed by atoms with Gasteiger partial charge in [0.05, 0.1) is 17.1 Å². The fraction of sp³-hybridized carbons (Fsp3) is 0.353. The second-order valence-electron chi connectivity index (χ2n) is 5.48. The lowest BCUT2D eigenvalue weighted by Crippen LogP contribution is -2.43. The van der Waals surface area contributed by atoms with Crippen LogP contribution in [0.15, 0.2) is 35.7 Å². The Hall–Kier alpha value is -1.07. The van der Waals surface area contributed by atoms with Crippen LogP contribution in [0.1, 0.15) is 28.1 Å². The molecule has 0 spiro atoms. The van der Waals surface area contributed by atoms with E-state index in [4.69, 9.17) is 27.9 Å². The molecule has 2 heterocycles. The van der Waals surface area contributed by atoms with E-state index < -0.39 is 0 Å². The van der Waals surface area contributed by atoms with Crippen LogP contribution in [-0.2, 0) is 11.3 Å². The van der Waals surface area contributed by atoms with Gasteiger partial charge in [0.15, 0.2) is 0 Å². The monoisotopic (exact) mass is 369 g/mol. The highest BCUT2D eigenvalue weighted by Gasteiger charge is 2.28. The number of nitrogens with zero attached hydrogens (tertiary/aromatic N) is 1. The minimum Gasteiger partial charge on any atom is -0.381 e. The summed E-state index contributed by atoms with van der Waals surface area (Å²) >= 11 is 13.9. The molecule has 1 aliphatic heterocycles. The maximum absolute atomic E-state index is 13.1. The lowest BCUT2D eigenvalue weighted by molar-refractivity contribution is 0.0270. The second-order valence-corrected chi connectivity index (χ2v) is 7.36. The summed E-state index contributed by atoms with van der Waals surface area (Å²) in [6, 6.07) is 9.22. The molecule has 0 bridgehead atoms. The molecule has 2 aromatic rings. The standard InChI is InChI=1S/C17H17Cl2NO2S/c18-12-3-4-16(19)15(10-12)17(21)20(11-14-2-1-9-23-14)13-5-7-22-8-6-13/h1-4,9-10,13H,5-8,11H2. The molecule has 1 aromatic carbocycles. The van der Waals surface area contributed by atoms with E-state index >= 15 is 0 Å². The van der Waals surface area contributed by atoms with Crippen LogP contribution >= 0.6 is 34.5 Å². The van der Waals surface area contributed by atoms with Crippen molar-refractivity contribution in [2.45, 2.75) is 25.4 Å². The number of hydrogen-bond donors (Lipinski definition) is 0. The van der Waals surface area contributed by atoms with Crippen LogP contribution in [0.2, 0.25) is 10.0 Å². The van der Waals surface area contributed by atoms with Crippen molar-refractivity contribution in [2.24, 2.45) is 0 Å². The van der Waals surface area contributed by atoms with Gasteiger partial charge < -0.3 is 9.64 Å². The number of ether oxygens (including phenoxy) is 1. The van der Waals surface area contributed by atoms with E-state index in [-0.39, 0.29) is 11.9 Å². The number of benzene rings is 1. The minimum absolute atomic E-state index is 0.0715. The lowest BCUT2D eigenvalue weighted by atomic mass is 10.0. The molecule has 3 rings (SSSR count). The number of rotatable bonds is 4. The molecule has 1 fully saturated rings. The van der Waals surface area contributed by atoms with Crippen molar-refractivity contribution in [1.82, 2.24) is 4.90 Å². The molecule has 0 atom stereocenters. The number of halogens is 2. The molecule has 3 nitrogen and oxygen atoms in total. The first kappa shape index (κ1) is 16.8.